The van der Waals surface area contributed by atoms with Gasteiger partial charge in [0.2, 0.25) is 0 Å². The number of carbonyl (C=O) groups excluding carboxylic acids is 1. The first kappa shape index (κ1) is 16.2. The maximum absolute atomic E-state index is 12.0. The largest absolute Gasteiger partial charge is 0.481 e. The third-order valence-corrected chi connectivity index (χ3v) is 4.29. The minimum absolute atomic E-state index is 0.0939. The van der Waals surface area contributed by atoms with Crippen molar-refractivity contribution in [3.8, 4) is 0 Å². The van der Waals surface area contributed by atoms with E-state index in [0.717, 1.165) is 4.47 Å². The van der Waals surface area contributed by atoms with E-state index in [1.54, 1.807) is 26.0 Å². The van der Waals surface area contributed by atoms with E-state index in [-0.39, 0.29) is 12.5 Å². The van der Waals surface area contributed by atoms with Gasteiger partial charge in [0.1, 0.15) is 0 Å². The lowest BCUT2D eigenvalue weighted by molar-refractivity contribution is -0.147. The lowest BCUT2D eigenvalue weighted by atomic mass is 9.87. The molecular formula is C13H15Br2NO3. The van der Waals surface area contributed by atoms with Crippen LogP contribution < -0.4 is 5.32 Å². The predicted molar refractivity (Wildman–Crippen MR) is 80.2 cm³/mol. The Morgan fingerprint density at radius 1 is 1.37 bits per heavy atom. The highest BCUT2D eigenvalue weighted by Crippen LogP contribution is 2.23. The molecule has 0 aliphatic heterocycles. The van der Waals surface area contributed by atoms with Gasteiger partial charge in [-0.25, -0.2) is 0 Å². The minimum Gasteiger partial charge on any atom is -0.481 e. The summed E-state index contributed by atoms with van der Waals surface area (Å²) in [5, 5.41) is 11.8. The molecule has 1 rings (SSSR count). The van der Waals surface area contributed by atoms with E-state index >= 15 is 0 Å². The van der Waals surface area contributed by atoms with E-state index < -0.39 is 11.4 Å². The van der Waals surface area contributed by atoms with Crippen molar-refractivity contribution in [1.29, 1.82) is 0 Å². The fourth-order valence-corrected chi connectivity index (χ4v) is 2.18. The zero-order chi connectivity index (χ0) is 14.6. The van der Waals surface area contributed by atoms with Gasteiger partial charge in [0.15, 0.2) is 0 Å². The van der Waals surface area contributed by atoms with Crippen LogP contribution >= 0.6 is 31.9 Å². The van der Waals surface area contributed by atoms with Crippen LogP contribution in [-0.2, 0) is 4.79 Å². The molecule has 0 saturated carbocycles. The fraction of sp³-hybridized carbons (Fsp3) is 0.385. The average Bonchev–Trinajstić information content (AvgIpc) is 2.38. The topological polar surface area (TPSA) is 66.4 Å². The van der Waals surface area contributed by atoms with Crippen molar-refractivity contribution in [3.63, 3.8) is 0 Å². The van der Waals surface area contributed by atoms with Crippen molar-refractivity contribution in [2.75, 3.05) is 6.54 Å². The molecule has 1 aromatic carbocycles. The summed E-state index contributed by atoms with van der Waals surface area (Å²) in [6.07, 6.45) is 0.447. The molecule has 1 amide bonds. The number of amides is 1. The summed E-state index contributed by atoms with van der Waals surface area (Å²) < 4.78 is 1.46. The Morgan fingerprint density at radius 3 is 2.53 bits per heavy atom. The molecule has 104 valence electrons. The molecule has 6 heteroatoms. The Labute approximate surface area is 128 Å². The summed E-state index contributed by atoms with van der Waals surface area (Å²) in [5.74, 6) is -1.21. The molecule has 1 atom stereocenters. The van der Waals surface area contributed by atoms with Crippen LogP contribution in [0.1, 0.15) is 30.6 Å². The van der Waals surface area contributed by atoms with E-state index in [9.17, 15) is 9.59 Å². The SMILES string of the molecule is CCC(C)(CNC(=O)c1cc(Br)ccc1Br)C(=O)O. The molecule has 0 aliphatic carbocycles. The number of nitrogens with one attached hydrogen (secondary N) is 1. The molecule has 2 N–H and O–H groups in total. The van der Waals surface area contributed by atoms with Gasteiger partial charge in [-0.2, -0.15) is 0 Å². The Kier molecular flexibility index (Phi) is 5.55. The van der Waals surface area contributed by atoms with Gasteiger partial charge in [0.05, 0.1) is 11.0 Å². The number of carboxylic acids is 1. The molecule has 0 heterocycles. The molecule has 0 bridgehead atoms. The number of rotatable bonds is 5. The fourth-order valence-electron chi connectivity index (χ4n) is 1.39. The number of benzene rings is 1. The summed E-state index contributed by atoms with van der Waals surface area (Å²) in [6.45, 7) is 3.50. The lowest BCUT2D eigenvalue weighted by Gasteiger charge is -2.23. The smallest absolute Gasteiger partial charge is 0.311 e. The standard InChI is InChI=1S/C13H15Br2NO3/c1-3-13(2,12(18)19)7-16-11(17)9-6-8(14)4-5-10(9)15/h4-6H,3,7H2,1-2H3,(H,16,17)(H,18,19). The van der Waals surface area contributed by atoms with Crippen LogP contribution in [0.3, 0.4) is 0 Å². The van der Waals surface area contributed by atoms with Crippen molar-refractivity contribution in [2.24, 2.45) is 5.41 Å². The molecule has 0 fully saturated rings. The third kappa shape index (κ3) is 4.04. The monoisotopic (exact) mass is 391 g/mol. The van der Waals surface area contributed by atoms with E-state index in [4.69, 9.17) is 5.11 Å². The summed E-state index contributed by atoms with van der Waals surface area (Å²) >= 11 is 6.60. The second-order valence-corrected chi connectivity index (χ2v) is 6.30. The Balaban J connectivity index is 2.81. The molecule has 0 spiro atoms. The predicted octanol–water partition coefficient (Wildman–Crippen LogP) is 3.44. The molecular weight excluding hydrogens is 378 g/mol. The second-order valence-electron chi connectivity index (χ2n) is 4.53. The van der Waals surface area contributed by atoms with Crippen molar-refractivity contribution in [1.82, 2.24) is 5.32 Å². The number of hydrogen-bond donors (Lipinski definition) is 2. The Bertz CT molecular complexity index is 505. The van der Waals surface area contributed by atoms with Crippen molar-refractivity contribution >= 4 is 43.7 Å². The number of halogens is 2. The first-order valence-electron chi connectivity index (χ1n) is 5.77. The first-order valence-corrected chi connectivity index (χ1v) is 7.35. The van der Waals surface area contributed by atoms with Gasteiger partial charge in [0, 0.05) is 15.5 Å². The average molecular weight is 393 g/mol. The van der Waals surface area contributed by atoms with E-state index in [1.807, 2.05) is 6.07 Å². The summed E-state index contributed by atoms with van der Waals surface area (Å²) in [6, 6.07) is 5.26. The van der Waals surface area contributed by atoms with Crippen molar-refractivity contribution in [2.45, 2.75) is 20.3 Å². The number of aliphatic carboxylic acids is 1. The lowest BCUT2D eigenvalue weighted by Crippen LogP contribution is -2.40. The van der Waals surface area contributed by atoms with Crippen LogP contribution in [0.25, 0.3) is 0 Å². The van der Waals surface area contributed by atoms with Crippen molar-refractivity contribution in [3.05, 3.63) is 32.7 Å². The summed E-state index contributed by atoms with van der Waals surface area (Å²) in [7, 11) is 0. The molecule has 19 heavy (non-hydrogen) atoms. The molecule has 0 aliphatic rings. The third-order valence-electron chi connectivity index (χ3n) is 3.11. The zero-order valence-electron chi connectivity index (χ0n) is 10.7. The Morgan fingerprint density at radius 2 is 2.00 bits per heavy atom. The van der Waals surface area contributed by atoms with Crippen LogP contribution in [-0.4, -0.2) is 23.5 Å². The number of hydrogen-bond acceptors (Lipinski definition) is 2. The van der Waals surface area contributed by atoms with Crippen LogP contribution in [0.5, 0.6) is 0 Å². The second kappa shape index (κ2) is 6.52. The van der Waals surface area contributed by atoms with Crippen LogP contribution in [0.2, 0.25) is 0 Å². The number of carbonyl (C=O) groups is 2. The van der Waals surface area contributed by atoms with Crippen LogP contribution in [0.4, 0.5) is 0 Å². The summed E-state index contributed by atoms with van der Waals surface area (Å²) in [4.78, 5) is 23.2. The van der Waals surface area contributed by atoms with Crippen LogP contribution in [0, 0.1) is 5.41 Å². The molecule has 4 nitrogen and oxygen atoms in total. The Hall–Kier alpha value is -0.880. The quantitative estimate of drug-likeness (QED) is 0.806. The van der Waals surface area contributed by atoms with Gasteiger partial charge in [-0.3, -0.25) is 9.59 Å². The highest BCUT2D eigenvalue weighted by molar-refractivity contribution is 9.11. The maximum atomic E-state index is 12.0. The van der Waals surface area contributed by atoms with Gasteiger partial charge in [-0.1, -0.05) is 22.9 Å². The highest BCUT2D eigenvalue weighted by atomic mass is 79.9. The van der Waals surface area contributed by atoms with Gasteiger partial charge in [-0.15, -0.1) is 0 Å². The van der Waals surface area contributed by atoms with Gasteiger partial charge in [0.25, 0.3) is 5.91 Å². The van der Waals surface area contributed by atoms with E-state index in [2.05, 4.69) is 37.2 Å². The maximum Gasteiger partial charge on any atom is 0.311 e. The number of carboxylic acid groups (broad SMARTS) is 1. The van der Waals surface area contributed by atoms with Crippen LogP contribution in [0.15, 0.2) is 27.1 Å². The molecule has 1 aromatic rings. The van der Waals surface area contributed by atoms with Gasteiger partial charge >= 0.3 is 5.97 Å². The minimum atomic E-state index is -0.950. The highest BCUT2D eigenvalue weighted by Gasteiger charge is 2.31. The summed E-state index contributed by atoms with van der Waals surface area (Å²) in [5.41, 5.74) is -0.480. The zero-order valence-corrected chi connectivity index (χ0v) is 13.8. The van der Waals surface area contributed by atoms with Gasteiger partial charge < -0.3 is 10.4 Å². The molecule has 0 radical (unpaired) electrons. The first-order chi connectivity index (χ1) is 8.80. The van der Waals surface area contributed by atoms with Crippen molar-refractivity contribution < 1.29 is 14.7 Å². The van der Waals surface area contributed by atoms with E-state index in [0.29, 0.717) is 16.5 Å². The molecule has 0 saturated heterocycles. The van der Waals surface area contributed by atoms with Gasteiger partial charge in [-0.05, 0) is 47.5 Å². The van der Waals surface area contributed by atoms with E-state index in [1.165, 1.54) is 0 Å². The molecule has 0 aromatic heterocycles. The molecule has 1 unspecified atom stereocenters. The normalized spacial score (nSPS) is 13.7.